The van der Waals surface area contributed by atoms with Crippen LogP contribution >= 0.6 is 0 Å². The zero-order chi connectivity index (χ0) is 8.20. The molecule has 0 saturated heterocycles. The molecule has 2 N–H and O–H groups in total. The van der Waals surface area contributed by atoms with Gasteiger partial charge in [0.25, 0.3) is 0 Å². The van der Waals surface area contributed by atoms with Crippen LogP contribution in [-0.4, -0.2) is 23.3 Å². The molecule has 0 unspecified atom stereocenters. The predicted molar refractivity (Wildman–Crippen MR) is 44.1 cm³/mol. The van der Waals surface area contributed by atoms with Gasteiger partial charge in [0, 0.05) is 6.04 Å². The molecule has 0 radical (unpaired) electrons. The highest BCUT2D eigenvalue weighted by Crippen LogP contribution is 2.06. The summed E-state index contributed by atoms with van der Waals surface area (Å²) >= 11 is 0. The fraction of sp³-hybridized carbons (Fsp3) is 1.00. The number of hydrogen-bond acceptors (Lipinski definition) is 2. The van der Waals surface area contributed by atoms with Crippen LogP contribution in [0.4, 0.5) is 0 Å². The molecule has 0 aromatic carbocycles. The van der Waals surface area contributed by atoms with Crippen molar-refractivity contribution in [3.05, 3.63) is 0 Å². The van der Waals surface area contributed by atoms with Gasteiger partial charge in [-0.3, -0.25) is 0 Å². The summed E-state index contributed by atoms with van der Waals surface area (Å²) < 4.78 is 0. The third-order valence-electron chi connectivity index (χ3n) is 1.76. The van der Waals surface area contributed by atoms with Crippen molar-refractivity contribution in [2.45, 2.75) is 45.8 Å². The van der Waals surface area contributed by atoms with Crippen LogP contribution in [0.2, 0.25) is 0 Å². The van der Waals surface area contributed by atoms with Crippen molar-refractivity contribution >= 4 is 0 Å². The Balaban J connectivity index is 3.52. The molecule has 0 heterocycles. The van der Waals surface area contributed by atoms with Crippen LogP contribution in [0.1, 0.15) is 34.1 Å². The molecule has 0 amide bonds. The Morgan fingerprint density at radius 2 is 2.00 bits per heavy atom. The molecular formula is C8H19NO. The molecule has 62 valence electrons. The molecule has 0 aliphatic carbocycles. The van der Waals surface area contributed by atoms with Crippen LogP contribution in [0, 0.1) is 0 Å². The molecule has 0 fully saturated rings. The average molecular weight is 145 g/mol. The first-order chi connectivity index (χ1) is 4.48. The Bertz CT molecular complexity index is 85.7. The van der Waals surface area contributed by atoms with E-state index in [2.05, 4.69) is 12.2 Å². The number of rotatable bonds is 4. The van der Waals surface area contributed by atoms with E-state index in [-0.39, 0.29) is 6.04 Å². The lowest BCUT2D eigenvalue weighted by Gasteiger charge is -2.26. The summed E-state index contributed by atoms with van der Waals surface area (Å²) in [5, 5.41) is 12.7. The molecular weight excluding hydrogens is 126 g/mol. The lowest BCUT2D eigenvalue weighted by molar-refractivity contribution is 0.0445. The number of nitrogens with one attached hydrogen (secondary N) is 1. The Morgan fingerprint density at radius 3 is 2.30 bits per heavy atom. The van der Waals surface area contributed by atoms with Gasteiger partial charge in [-0.25, -0.2) is 0 Å². The summed E-state index contributed by atoms with van der Waals surface area (Å²) in [6, 6.07) is 0.174. The Morgan fingerprint density at radius 1 is 1.50 bits per heavy atom. The minimum Gasteiger partial charge on any atom is -0.389 e. The third kappa shape index (κ3) is 3.85. The summed E-state index contributed by atoms with van der Waals surface area (Å²) in [7, 11) is 0. The van der Waals surface area contributed by atoms with E-state index >= 15 is 0 Å². The third-order valence-corrected chi connectivity index (χ3v) is 1.76. The molecule has 0 aromatic rings. The van der Waals surface area contributed by atoms with E-state index in [9.17, 15) is 5.11 Å². The Hall–Kier alpha value is -0.0800. The van der Waals surface area contributed by atoms with Gasteiger partial charge in [-0.1, -0.05) is 6.92 Å². The van der Waals surface area contributed by atoms with Crippen LogP contribution in [0.25, 0.3) is 0 Å². The van der Waals surface area contributed by atoms with E-state index in [0.29, 0.717) is 0 Å². The average Bonchev–Trinajstić information content (AvgIpc) is 1.80. The highest BCUT2D eigenvalue weighted by atomic mass is 16.3. The second-order valence-electron chi connectivity index (χ2n) is 3.33. The van der Waals surface area contributed by atoms with Gasteiger partial charge in [-0.15, -0.1) is 0 Å². The topological polar surface area (TPSA) is 32.3 Å². The maximum atomic E-state index is 9.45. The monoisotopic (exact) mass is 145 g/mol. The largest absolute Gasteiger partial charge is 0.389 e. The van der Waals surface area contributed by atoms with Gasteiger partial charge in [0.15, 0.2) is 0 Å². The van der Waals surface area contributed by atoms with E-state index < -0.39 is 5.60 Å². The van der Waals surface area contributed by atoms with Crippen molar-refractivity contribution in [2.24, 2.45) is 0 Å². The standard InChI is InChI=1S/C8H19NO/c1-5-6-9-7(2)8(3,4)10/h7,9-10H,5-6H2,1-4H3/t7-/m1/s1. The van der Waals surface area contributed by atoms with Crippen LogP contribution in [0.15, 0.2) is 0 Å². The van der Waals surface area contributed by atoms with Gasteiger partial charge >= 0.3 is 0 Å². The van der Waals surface area contributed by atoms with Crippen molar-refractivity contribution in [2.75, 3.05) is 6.54 Å². The Labute approximate surface area is 63.6 Å². The van der Waals surface area contributed by atoms with Crippen LogP contribution in [0.3, 0.4) is 0 Å². The predicted octanol–water partition coefficient (Wildman–Crippen LogP) is 1.15. The zero-order valence-corrected chi connectivity index (χ0v) is 7.44. The Kier molecular flexibility index (Phi) is 3.91. The van der Waals surface area contributed by atoms with E-state index in [4.69, 9.17) is 0 Å². The molecule has 0 saturated carbocycles. The molecule has 0 bridgehead atoms. The highest BCUT2D eigenvalue weighted by molar-refractivity contribution is 4.78. The SMILES string of the molecule is CCCN[C@H](C)C(C)(C)O. The van der Waals surface area contributed by atoms with Crippen LogP contribution in [0.5, 0.6) is 0 Å². The smallest absolute Gasteiger partial charge is 0.0741 e. The summed E-state index contributed by atoms with van der Waals surface area (Å²) in [6.45, 7) is 8.73. The van der Waals surface area contributed by atoms with Crippen molar-refractivity contribution in [1.82, 2.24) is 5.32 Å². The van der Waals surface area contributed by atoms with Gasteiger partial charge in [0.2, 0.25) is 0 Å². The molecule has 0 aliphatic heterocycles. The molecule has 1 atom stereocenters. The summed E-state index contributed by atoms with van der Waals surface area (Å²) in [5.74, 6) is 0. The van der Waals surface area contributed by atoms with Crippen LogP contribution in [-0.2, 0) is 0 Å². The van der Waals surface area contributed by atoms with E-state index in [0.717, 1.165) is 13.0 Å². The summed E-state index contributed by atoms with van der Waals surface area (Å²) in [6.07, 6.45) is 1.11. The molecule has 10 heavy (non-hydrogen) atoms. The van der Waals surface area contributed by atoms with Crippen LogP contribution < -0.4 is 5.32 Å². The minimum atomic E-state index is -0.602. The second-order valence-corrected chi connectivity index (χ2v) is 3.33. The van der Waals surface area contributed by atoms with Gasteiger partial charge in [-0.2, -0.15) is 0 Å². The molecule has 2 heteroatoms. The number of hydrogen-bond donors (Lipinski definition) is 2. The van der Waals surface area contributed by atoms with E-state index in [1.54, 1.807) is 0 Å². The fourth-order valence-electron chi connectivity index (χ4n) is 0.611. The van der Waals surface area contributed by atoms with Gasteiger partial charge in [0.1, 0.15) is 0 Å². The summed E-state index contributed by atoms with van der Waals surface area (Å²) in [4.78, 5) is 0. The fourth-order valence-corrected chi connectivity index (χ4v) is 0.611. The van der Waals surface area contributed by atoms with Gasteiger partial charge < -0.3 is 10.4 Å². The zero-order valence-electron chi connectivity index (χ0n) is 7.44. The maximum Gasteiger partial charge on any atom is 0.0741 e. The normalized spacial score (nSPS) is 15.3. The lowest BCUT2D eigenvalue weighted by atomic mass is 10.0. The van der Waals surface area contributed by atoms with E-state index in [1.165, 1.54) is 0 Å². The van der Waals surface area contributed by atoms with Crippen molar-refractivity contribution in [3.8, 4) is 0 Å². The first kappa shape index (κ1) is 9.92. The van der Waals surface area contributed by atoms with Gasteiger partial charge in [-0.05, 0) is 33.7 Å². The quantitative estimate of drug-likeness (QED) is 0.622. The minimum absolute atomic E-state index is 0.174. The second kappa shape index (κ2) is 3.94. The molecule has 0 spiro atoms. The maximum absolute atomic E-state index is 9.45. The van der Waals surface area contributed by atoms with Crippen molar-refractivity contribution < 1.29 is 5.11 Å². The van der Waals surface area contributed by atoms with Crippen molar-refractivity contribution in [1.29, 1.82) is 0 Å². The summed E-state index contributed by atoms with van der Waals surface area (Å²) in [5.41, 5.74) is -0.602. The van der Waals surface area contributed by atoms with Gasteiger partial charge in [0.05, 0.1) is 5.60 Å². The number of aliphatic hydroxyl groups is 1. The molecule has 2 nitrogen and oxygen atoms in total. The van der Waals surface area contributed by atoms with E-state index in [1.807, 2.05) is 20.8 Å². The molecule has 0 rings (SSSR count). The van der Waals surface area contributed by atoms with Crippen molar-refractivity contribution in [3.63, 3.8) is 0 Å². The first-order valence-corrected chi connectivity index (χ1v) is 3.94. The first-order valence-electron chi connectivity index (χ1n) is 3.94. The highest BCUT2D eigenvalue weighted by Gasteiger charge is 2.20. The lowest BCUT2D eigenvalue weighted by Crippen LogP contribution is -2.44. The molecule has 0 aromatic heterocycles. The molecule has 0 aliphatic rings.